The highest BCUT2D eigenvalue weighted by atomic mass is 15.3. The average molecular weight is 252 g/mol. The molecular formula is C14H28N4. The maximum atomic E-state index is 4.30. The van der Waals surface area contributed by atoms with E-state index in [9.17, 15) is 0 Å². The Hall–Kier alpha value is -0.870. The van der Waals surface area contributed by atoms with Crippen molar-refractivity contribution < 1.29 is 0 Å². The first-order chi connectivity index (χ1) is 8.48. The summed E-state index contributed by atoms with van der Waals surface area (Å²) in [5, 5.41) is 7.92. The molecule has 0 spiro atoms. The minimum Gasteiger partial charge on any atom is -0.307 e. The van der Waals surface area contributed by atoms with Gasteiger partial charge in [0.15, 0.2) is 0 Å². The molecule has 0 radical (unpaired) electrons. The Morgan fingerprint density at radius 3 is 2.33 bits per heavy atom. The van der Waals surface area contributed by atoms with Crippen LogP contribution in [0.1, 0.15) is 46.4 Å². The fraction of sp³-hybridized carbons (Fsp3) is 0.786. The molecule has 0 saturated carbocycles. The minimum atomic E-state index is 0.0628. The Labute approximate surface area is 111 Å². The van der Waals surface area contributed by atoms with Crippen molar-refractivity contribution in [3.05, 3.63) is 18.0 Å². The van der Waals surface area contributed by atoms with Gasteiger partial charge in [0, 0.05) is 18.8 Å². The highest BCUT2D eigenvalue weighted by Crippen LogP contribution is 2.30. The molecule has 1 unspecified atom stereocenters. The van der Waals surface area contributed by atoms with Crippen molar-refractivity contribution in [1.29, 1.82) is 0 Å². The molecule has 0 aliphatic heterocycles. The average Bonchev–Trinajstić information content (AvgIpc) is 2.73. The summed E-state index contributed by atoms with van der Waals surface area (Å²) < 4.78 is 1.97. The van der Waals surface area contributed by atoms with E-state index >= 15 is 0 Å². The van der Waals surface area contributed by atoms with E-state index in [1.54, 1.807) is 0 Å². The van der Waals surface area contributed by atoms with Crippen LogP contribution in [0.3, 0.4) is 0 Å². The van der Waals surface area contributed by atoms with E-state index in [4.69, 9.17) is 0 Å². The molecule has 0 aliphatic carbocycles. The number of hydrogen-bond acceptors (Lipinski definition) is 3. The number of nitrogens with zero attached hydrogens (tertiary/aromatic N) is 3. The van der Waals surface area contributed by atoms with Gasteiger partial charge in [0.2, 0.25) is 0 Å². The lowest BCUT2D eigenvalue weighted by molar-refractivity contribution is 0.0886. The molecule has 0 saturated heterocycles. The van der Waals surface area contributed by atoms with Gasteiger partial charge < -0.3 is 5.32 Å². The van der Waals surface area contributed by atoms with Gasteiger partial charge in [0.1, 0.15) is 0 Å². The lowest BCUT2D eigenvalue weighted by atomic mass is 9.89. The van der Waals surface area contributed by atoms with Gasteiger partial charge in [-0.3, -0.25) is 9.58 Å². The Balaban J connectivity index is 3.08. The summed E-state index contributed by atoms with van der Waals surface area (Å²) in [5.74, 6) is 0. The molecule has 0 bridgehead atoms. The van der Waals surface area contributed by atoms with Crippen molar-refractivity contribution in [2.75, 3.05) is 19.6 Å². The highest BCUT2D eigenvalue weighted by molar-refractivity contribution is 5.13. The maximum absolute atomic E-state index is 4.30. The smallest absolute Gasteiger partial charge is 0.0673 e. The Morgan fingerprint density at radius 2 is 1.94 bits per heavy atom. The van der Waals surface area contributed by atoms with Crippen LogP contribution in [-0.2, 0) is 7.05 Å². The fourth-order valence-corrected chi connectivity index (χ4v) is 2.81. The lowest BCUT2D eigenvalue weighted by Crippen LogP contribution is -2.53. The zero-order chi connectivity index (χ0) is 13.8. The summed E-state index contributed by atoms with van der Waals surface area (Å²) in [5.41, 5.74) is 1.31. The van der Waals surface area contributed by atoms with Crippen LogP contribution >= 0.6 is 0 Å². The van der Waals surface area contributed by atoms with Gasteiger partial charge in [-0.1, -0.05) is 20.8 Å². The van der Waals surface area contributed by atoms with Crippen LogP contribution in [-0.4, -0.2) is 39.9 Å². The third-order valence-corrected chi connectivity index (χ3v) is 3.85. The van der Waals surface area contributed by atoms with E-state index in [-0.39, 0.29) is 11.6 Å². The molecule has 1 aromatic heterocycles. The summed E-state index contributed by atoms with van der Waals surface area (Å²) in [7, 11) is 2.01. The molecule has 4 nitrogen and oxygen atoms in total. The van der Waals surface area contributed by atoms with E-state index < -0.39 is 0 Å². The van der Waals surface area contributed by atoms with Crippen molar-refractivity contribution in [3.63, 3.8) is 0 Å². The van der Waals surface area contributed by atoms with Crippen molar-refractivity contribution in [3.8, 4) is 0 Å². The molecule has 4 heteroatoms. The molecule has 0 aromatic carbocycles. The van der Waals surface area contributed by atoms with E-state index in [0.717, 1.165) is 19.6 Å². The lowest BCUT2D eigenvalue weighted by Gasteiger charge is -2.43. The predicted octanol–water partition coefficient (Wildman–Crippen LogP) is 2.19. The van der Waals surface area contributed by atoms with Crippen LogP contribution in [0.25, 0.3) is 0 Å². The Kier molecular flexibility index (Phi) is 5.35. The molecule has 0 amide bonds. The number of rotatable bonds is 7. The third-order valence-electron chi connectivity index (χ3n) is 3.85. The highest BCUT2D eigenvalue weighted by Gasteiger charge is 2.35. The summed E-state index contributed by atoms with van der Waals surface area (Å²) in [6, 6.07) is 2.40. The van der Waals surface area contributed by atoms with Crippen LogP contribution in [0, 0.1) is 0 Å². The van der Waals surface area contributed by atoms with Crippen LogP contribution in [0.2, 0.25) is 0 Å². The number of aromatic nitrogens is 2. The molecular weight excluding hydrogens is 224 g/mol. The summed E-state index contributed by atoms with van der Waals surface area (Å²) in [6.45, 7) is 14.3. The van der Waals surface area contributed by atoms with E-state index in [0.29, 0.717) is 0 Å². The molecule has 0 aliphatic rings. The van der Waals surface area contributed by atoms with Gasteiger partial charge in [0.05, 0.1) is 11.7 Å². The zero-order valence-corrected chi connectivity index (χ0v) is 12.7. The second-order valence-corrected chi connectivity index (χ2v) is 5.20. The molecule has 104 valence electrons. The topological polar surface area (TPSA) is 33.1 Å². The van der Waals surface area contributed by atoms with E-state index in [1.165, 1.54) is 5.69 Å². The van der Waals surface area contributed by atoms with Crippen molar-refractivity contribution in [1.82, 2.24) is 20.0 Å². The first-order valence-corrected chi connectivity index (χ1v) is 6.95. The minimum absolute atomic E-state index is 0.0628. The molecule has 1 N–H and O–H groups in total. The van der Waals surface area contributed by atoms with Crippen molar-refractivity contribution >= 4 is 0 Å². The van der Waals surface area contributed by atoms with Crippen LogP contribution in [0.4, 0.5) is 0 Å². The van der Waals surface area contributed by atoms with Gasteiger partial charge in [-0.05, 0) is 39.5 Å². The largest absolute Gasteiger partial charge is 0.307 e. The van der Waals surface area contributed by atoms with Gasteiger partial charge in [-0.15, -0.1) is 0 Å². The standard InChI is InChI=1S/C14H28N4/c1-7-15-13(12-10-11-16-17(12)6)14(4,5)18(8-2)9-3/h10-11,13,15H,7-9H2,1-6H3. The molecule has 1 heterocycles. The van der Waals surface area contributed by atoms with Gasteiger partial charge in [-0.25, -0.2) is 0 Å². The second kappa shape index (κ2) is 6.34. The number of hydrogen-bond donors (Lipinski definition) is 1. The number of nitrogens with one attached hydrogen (secondary N) is 1. The number of likely N-dealkylation sites (N-methyl/N-ethyl adjacent to an activating group) is 2. The van der Waals surface area contributed by atoms with Crippen LogP contribution in [0.5, 0.6) is 0 Å². The summed E-state index contributed by atoms with van der Waals surface area (Å²) >= 11 is 0. The second-order valence-electron chi connectivity index (χ2n) is 5.20. The van der Waals surface area contributed by atoms with Crippen LogP contribution in [0.15, 0.2) is 12.3 Å². The predicted molar refractivity (Wildman–Crippen MR) is 76.6 cm³/mol. The summed E-state index contributed by atoms with van der Waals surface area (Å²) in [6.07, 6.45) is 1.87. The quantitative estimate of drug-likeness (QED) is 0.807. The molecule has 1 rings (SSSR count). The monoisotopic (exact) mass is 252 g/mol. The first-order valence-electron chi connectivity index (χ1n) is 6.95. The number of aryl methyl sites for hydroxylation is 1. The zero-order valence-electron chi connectivity index (χ0n) is 12.7. The van der Waals surface area contributed by atoms with Gasteiger partial charge in [-0.2, -0.15) is 5.10 Å². The third kappa shape index (κ3) is 2.93. The van der Waals surface area contributed by atoms with Gasteiger partial charge in [0.25, 0.3) is 0 Å². The van der Waals surface area contributed by atoms with Crippen LogP contribution < -0.4 is 5.32 Å². The Morgan fingerprint density at radius 1 is 1.33 bits per heavy atom. The van der Waals surface area contributed by atoms with Crippen molar-refractivity contribution in [2.24, 2.45) is 7.05 Å². The Bertz CT molecular complexity index is 352. The normalized spacial score (nSPS) is 14.2. The van der Waals surface area contributed by atoms with Gasteiger partial charge >= 0.3 is 0 Å². The molecule has 1 atom stereocenters. The van der Waals surface area contributed by atoms with E-state index in [1.807, 2.05) is 17.9 Å². The first kappa shape index (κ1) is 15.2. The SMILES string of the molecule is CCNC(c1ccnn1C)C(C)(C)N(CC)CC. The van der Waals surface area contributed by atoms with Crippen molar-refractivity contribution in [2.45, 2.75) is 46.2 Å². The maximum Gasteiger partial charge on any atom is 0.0673 e. The molecule has 1 aromatic rings. The molecule has 18 heavy (non-hydrogen) atoms. The fourth-order valence-electron chi connectivity index (χ4n) is 2.81. The molecule has 0 fully saturated rings. The summed E-state index contributed by atoms with van der Waals surface area (Å²) in [4.78, 5) is 2.49. The van der Waals surface area contributed by atoms with E-state index in [2.05, 4.69) is 56.0 Å².